The summed E-state index contributed by atoms with van der Waals surface area (Å²) in [6.45, 7) is 0.545. The third-order valence-corrected chi connectivity index (χ3v) is 3.17. The standard InChI is InChI=1S/C15H18N4O3/c20-14(21)4-2-1-3-9-16-15(22)12-5-7-13(8-6-12)19-11-10-17-18-19/h5-8,10-11H,1-4,9H2,(H,16,22)(H,20,21). The van der Waals surface area contributed by atoms with Crippen LogP contribution >= 0.6 is 0 Å². The number of aromatic nitrogens is 3. The molecule has 0 fully saturated rings. The summed E-state index contributed by atoms with van der Waals surface area (Å²) >= 11 is 0. The van der Waals surface area contributed by atoms with Crippen LogP contribution in [0.1, 0.15) is 36.0 Å². The molecule has 22 heavy (non-hydrogen) atoms. The van der Waals surface area contributed by atoms with Gasteiger partial charge in [-0.05, 0) is 37.1 Å². The van der Waals surface area contributed by atoms with E-state index < -0.39 is 5.97 Å². The number of nitrogens with zero attached hydrogens (tertiary/aromatic N) is 3. The summed E-state index contributed by atoms with van der Waals surface area (Å²) in [4.78, 5) is 22.3. The van der Waals surface area contributed by atoms with Crippen molar-refractivity contribution in [3.8, 4) is 5.69 Å². The van der Waals surface area contributed by atoms with Crippen LogP contribution in [0, 0.1) is 0 Å². The highest BCUT2D eigenvalue weighted by molar-refractivity contribution is 5.94. The van der Waals surface area contributed by atoms with Crippen molar-refractivity contribution < 1.29 is 14.7 Å². The van der Waals surface area contributed by atoms with Crippen molar-refractivity contribution in [2.45, 2.75) is 25.7 Å². The average Bonchev–Trinajstić information content (AvgIpc) is 3.05. The molecule has 7 heteroatoms. The maximum atomic E-state index is 11.9. The molecular weight excluding hydrogens is 284 g/mol. The Labute approximate surface area is 128 Å². The Bertz CT molecular complexity index is 608. The second-order valence-corrected chi connectivity index (χ2v) is 4.85. The van der Waals surface area contributed by atoms with Gasteiger partial charge in [-0.15, -0.1) is 5.10 Å². The molecule has 1 amide bonds. The predicted molar refractivity (Wildman–Crippen MR) is 79.8 cm³/mol. The number of nitrogens with one attached hydrogen (secondary N) is 1. The first kappa shape index (κ1) is 15.7. The lowest BCUT2D eigenvalue weighted by molar-refractivity contribution is -0.137. The van der Waals surface area contributed by atoms with Gasteiger partial charge in [0.05, 0.1) is 18.1 Å². The number of rotatable bonds is 8. The Balaban J connectivity index is 1.74. The van der Waals surface area contributed by atoms with Crippen LogP contribution in [0.25, 0.3) is 5.69 Å². The molecular formula is C15H18N4O3. The normalized spacial score (nSPS) is 10.4. The molecule has 2 aromatic rings. The van der Waals surface area contributed by atoms with E-state index in [1.165, 1.54) is 0 Å². The number of unbranched alkanes of at least 4 members (excludes halogenated alkanes) is 2. The maximum Gasteiger partial charge on any atom is 0.303 e. The zero-order chi connectivity index (χ0) is 15.8. The molecule has 0 aliphatic carbocycles. The highest BCUT2D eigenvalue weighted by Gasteiger charge is 2.05. The van der Waals surface area contributed by atoms with Crippen molar-refractivity contribution in [3.05, 3.63) is 42.2 Å². The molecule has 2 N–H and O–H groups in total. The summed E-state index contributed by atoms with van der Waals surface area (Å²) in [6, 6.07) is 7.07. The SMILES string of the molecule is O=C(O)CCCCCNC(=O)c1ccc(-n2ccnn2)cc1. The lowest BCUT2D eigenvalue weighted by Gasteiger charge is -2.06. The molecule has 0 radical (unpaired) electrons. The molecule has 0 aliphatic heterocycles. The summed E-state index contributed by atoms with van der Waals surface area (Å²) in [7, 11) is 0. The molecule has 0 unspecified atom stereocenters. The number of carboxylic acid groups (broad SMARTS) is 1. The molecule has 116 valence electrons. The summed E-state index contributed by atoms with van der Waals surface area (Å²) in [5.74, 6) is -0.917. The second kappa shape index (κ2) is 7.92. The number of carboxylic acids is 1. The quantitative estimate of drug-likeness (QED) is 0.722. The van der Waals surface area contributed by atoms with Crippen molar-refractivity contribution in [1.29, 1.82) is 0 Å². The van der Waals surface area contributed by atoms with E-state index in [4.69, 9.17) is 5.11 Å². The fourth-order valence-corrected chi connectivity index (χ4v) is 1.99. The van der Waals surface area contributed by atoms with Gasteiger partial charge in [-0.2, -0.15) is 0 Å². The molecule has 2 rings (SSSR count). The number of hydrogen-bond donors (Lipinski definition) is 2. The van der Waals surface area contributed by atoms with E-state index in [0.29, 0.717) is 18.5 Å². The Morgan fingerprint density at radius 2 is 1.91 bits per heavy atom. The molecule has 1 aromatic carbocycles. The van der Waals surface area contributed by atoms with E-state index in [2.05, 4.69) is 15.6 Å². The highest BCUT2D eigenvalue weighted by Crippen LogP contribution is 2.08. The molecule has 0 atom stereocenters. The number of benzene rings is 1. The van der Waals surface area contributed by atoms with Crippen molar-refractivity contribution >= 4 is 11.9 Å². The van der Waals surface area contributed by atoms with Crippen molar-refractivity contribution in [2.75, 3.05) is 6.54 Å². The fraction of sp³-hybridized carbons (Fsp3) is 0.333. The smallest absolute Gasteiger partial charge is 0.303 e. The lowest BCUT2D eigenvalue weighted by atomic mass is 10.1. The van der Waals surface area contributed by atoms with Gasteiger partial charge in [-0.3, -0.25) is 9.59 Å². The van der Waals surface area contributed by atoms with Gasteiger partial charge in [0.15, 0.2) is 0 Å². The number of carbonyl (C=O) groups is 2. The van der Waals surface area contributed by atoms with Gasteiger partial charge in [0.2, 0.25) is 0 Å². The summed E-state index contributed by atoms with van der Waals surface area (Å²) in [6.07, 6.45) is 5.69. The predicted octanol–water partition coefficient (Wildman–Crippen LogP) is 1.64. The molecule has 0 aliphatic rings. The first-order valence-corrected chi connectivity index (χ1v) is 7.13. The lowest BCUT2D eigenvalue weighted by Crippen LogP contribution is -2.24. The van der Waals surface area contributed by atoms with Gasteiger partial charge in [0.1, 0.15) is 0 Å². The van der Waals surface area contributed by atoms with Gasteiger partial charge in [-0.1, -0.05) is 11.6 Å². The van der Waals surface area contributed by atoms with Gasteiger partial charge in [0.25, 0.3) is 5.91 Å². The van der Waals surface area contributed by atoms with E-state index >= 15 is 0 Å². The zero-order valence-corrected chi connectivity index (χ0v) is 12.1. The first-order valence-electron chi connectivity index (χ1n) is 7.13. The monoisotopic (exact) mass is 302 g/mol. The first-order chi connectivity index (χ1) is 10.7. The minimum absolute atomic E-state index is 0.136. The minimum Gasteiger partial charge on any atom is -0.481 e. The minimum atomic E-state index is -0.781. The van der Waals surface area contributed by atoms with Crippen molar-refractivity contribution in [1.82, 2.24) is 20.3 Å². The van der Waals surface area contributed by atoms with Crippen LogP contribution in [-0.2, 0) is 4.79 Å². The van der Waals surface area contributed by atoms with Crippen LogP contribution in [0.3, 0.4) is 0 Å². The number of amides is 1. The van der Waals surface area contributed by atoms with Crippen LogP contribution in [0.4, 0.5) is 0 Å². The Kier molecular flexibility index (Phi) is 5.65. The van der Waals surface area contributed by atoms with Crippen LogP contribution in [-0.4, -0.2) is 38.5 Å². The van der Waals surface area contributed by atoms with E-state index in [0.717, 1.165) is 18.5 Å². The molecule has 0 saturated carbocycles. The Morgan fingerprint density at radius 3 is 2.55 bits per heavy atom. The van der Waals surface area contributed by atoms with Gasteiger partial charge < -0.3 is 10.4 Å². The summed E-state index contributed by atoms with van der Waals surface area (Å²) in [5.41, 5.74) is 1.41. The summed E-state index contributed by atoms with van der Waals surface area (Å²) in [5, 5.41) is 18.9. The van der Waals surface area contributed by atoms with E-state index in [1.807, 2.05) is 0 Å². The Hall–Kier alpha value is -2.70. The Morgan fingerprint density at radius 1 is 1.14 bits per heavy atom. The van der Waals surface area contributed by atoms with Crippen LogP contribution in [0.2, 0.25) is 0 Å². The third-order valence-electron chi connectivity index (χ3n) is 3.17. The number of hydrogen-bond acceptors (Lipinski definition) is 4. The molecule has 0 spiro atoms. The third kappa shape index (κ3) is 4.69. The van der Waals surface area contributed by atoms with E-state index in [9.17, 15) is 9.59 Å². The highest BCUT2D eigenvalue weighted by atomic mass is 16.4. The average molecular weight is 302 g/mol. The van der Waals surface area contributed by atoms with Crippen molar-refractivity contribution in [3.63, 3.8) is 0 Å². The van der Waals surface area contributed by atoms with E-state index in [1.54, 1.807) is 41.3 Å². The largest absolute Gasteiger partial charge is 0.481 e. The molecule has 0 bridgehead atoms. The number of aliphatic carboxylic acids is 1. The van der Waals surface area contributed by atoms with Crippen LogP contribution < -0.4 is 5.32 Å². The molecule has 1 heterocycles. The number of carbonyl (C=O) groups excluding carboxylic acids is 1. The van der Waals surface area contributed by atoms with Gasteiger partial charge in [-0.25, -0.2) is 4.68 Å². The van der Waals surface area contributed by atoms with E-state index in [-0.39, 0.29) is 12.3 Å². The van der Waals surface area contributed by atoms with Crippen molar-refractivity contribution in [2.24, 2.45) is 0 Å². The molecule has 7 nitrogen and oxygen atoms in total. The fourth-order valence-electron chi connectivity index (χ4n) is 1.99. The second-order valence-electron chi connectivity index (χ2n) is 4.85. The van der Waals surface area contributed by atoms with Crippen LogP contribution in [0.5, 0.6) is 0 Å². The maximum absolute atomic E-state index is 11.9. The van der Waals surface area contributed by atoms with Gasteiger partial charge >= 0.3 is 5.97 Å². The molecule has 0 saturated heterocycles. The topological polar surface area (TPSA) is 97.1 Å². The zero-order valence-electron chi connectivity index (χ0n) is 12.1. The van der Waals surface area contributed by atoms with Gasteiger partial charge in [0, 0.05) is 18.5 Å². The summed E-state index contributed by atoms with van der Waals surface area (Å²) < 4.78 is 1.62. The molecule has 1 aromatic heterocycles. The van der Waals surface area contributed by atoms with Crippen LogP contribution in [0.15, 0.2) is 36.7 Å².